The van der Waals surface area contributed by atoms with E-state index in [9.17, 15) is 4.79 Å². The van der Waals surface area contributed by atoms with Crippen LogP contribution < -0.4 is 15.0 Å². The topological polar surface area (TPSA) is 107 Å². The number of H-pyrrole nitrogens is 1. The van der Waals surface area contributed by atoms with Crippen LogP contribution in [0.5, 0.6) is 11.5 Å². The Bertz CT molecular complexity index is 1480. The van der Waals surface area contributed by atoms with E-state index in [4.69, 9.17) is 14.2 Å². The SMILES string of the molecule is CCOc1ccc(CN(CC2CCCO2)C(c2cc3cc(OC)ccc3[nH]c2=O)c2nnnn2C(C)(C)C)cc1. The number of methoxy groups -OCH3 is 1. The highest BCUT2D eigenvalue weighted by atomic mass is 16.5. The van der Waals surface area contributed by atoms with Crippen LogP contribution in [0.2, 0.25) is 0 Å². The maximum absolute atomic E-state index is 13.8. The summed E-state index contributed by atoms with van der Waals surface area (Å²) in [7, 11) is 1.63. The zero-order chi connectivity index (χ0) is 28.3. The van der Waals surface area contributed by atoms with Crippen LogP contribution in [0.15, 0.2) is 53.3 Å². The molecule has 4 aromatic rings. The maximum Gasteiger partial charge on any atom is 0.253 e. The molecular weight excluding hydrogens is 508 g/mol. The van der Waals surface area contributed by atoms with Crippen molar-refractivity contribution in [1.29, 1.82) is 0 Å². The third-order valence-corrected chi connectivity index (χ3v) is 7.20. The summed E-state index contributed by atoms with van der Waals surface area (Å²) in [5.74, 6) is 2.14. The van der Waals surface area contributed by atoms with Crippen LogP contribution in [0.3, 0.4) is 0 Å². The molecule has 0 amide bonds. The van der Waals surface area contributed by atoms with Gasteiger partial charge in [-0.3, -0.25) is 9.69 Å². The van der Waals surface area contributed by atoms with Gasteiger partial charge in [-0.2, -0.15) is 0 Å². The number of nitrogens with zero attached hydrogens (tertiary/aromatic N) is 5. The van der Waals surface area contributed by atoms with Crippen molar-refractivity contribution in [3.63, 3.8) is 0 Å². The van der Waals surface area contributed by atoms with Crippen molar-refractivity contribution in [2.75, 3.05) is 26.9 Å². The molecule has 1 fully saturated rings. The molecule has 2 unspecified atom stereocenters. The second kappa shape index (κ2) is 11.8. The van der Waals surface area contributed by atoms with Crippen LogP contribution >= 0.6 is 0 Å². The first-order valence-corrected chi connectivity index (χ1v) is 13.8. The van der Waals surface area contributed by atoms with E-state index in [1.54, 1.807) is 7.11 Å². The summed E-state index contributed by atoms with van der Waals surface area (Å²) in [4.78, 5) is 19.1. The summed E-state index contributed by atoms with van der Waals surface area (Å²) in [5.41, 5.74) is 1.79. The molecule has 10 heteroatoms. The van der Waals surface area contributed by atoms with E-state index in [2.05, 4.69) is 58.3 Å². The fourth-order valence-corrected chi connectivity index (χ4v) is 5.28. The lowest BCUT2D eigenvalue weighted by Gasteiger charge is -2.34. The van der Waals surface area contributed by atoms with E-state index in [0.29, 0.717) is 36.8 Å². The van der Waals surface area contributed by atoms with Crippen LogP contribution in [0.1, 0.15) is 63.5 Å². The predicted octanol–water partition coefficient (Wildman–Crippen LogP) is 4.45. The highest BCUT2D eigenvalue weighted by Gasteiger charge is 2.35. The van der Waals surface area contributed by atoms with Crippen molar-refractivity contribution in [2.45, 2.75) is 64.8 Å². The lowest BCUT2D eigenvalue weighted by atomic mass is 10.00. The van der Waals surface area contributed by atoms with Crippen molar-refractivity contribution in [3.05, 3.63) is 75.8 Å². The molecule has 212 valence electrons. The predicted molar refractivity (Wildman–Crippen MR) is 153 cm³/mol. The van der Waals surface area contributed by atoms with Gasteiger partial charge in [0.1, 0.15) is 17.5 Å². The molecule has 2 aromatic carbocycles. The molecule has 0 radical (unpaired) electrons. The number of aromatic nitrogens is 5. The Morgan fingerprint density at radius 1 is 1.15 bits per heavy atom. The van der Waals surface area contributed by atoms with Gasteiger partial charge in [0.05, 0.1) is 25.4 Å². The van der Waals surface area contributed by atoms with Crippen molar-refractivity contribution in [1.82, 2.24) is 30.1 Å². The highest BCUT2D eigenvalue weighted by molar-refractivity contribution is 5.80. The average molecular weight is 547 g/mol. The first-order chi connectivity index (χ1) is 19.3. The fraction of sp³-hybridized carbons (Fsp3) is 0.467. The number of hydrogen-bond donors (Lipinski definition) is 1. The quantitative estimate of drug-likeness (QED) is 0.311. The van der Waals surface area contributed by atoms with Gasteiger partial charge in [0.15, 0.2) is 5.82 Å². The number of hydrogen-bond acceptors (Lipinski definition) is 8. The Labute approximate surface area is 234 Å². The second-order valence-electron chi connectivity index (χ2n) is 11.2. The Morgan fingerprint density at radius 2 is 1.93 bits per heavy atom. The normalized spacial score (nSPS) is 16.5. The second-order valence-corrected chi connectivity index (χ2v) is 11.2. The van der Waals surface area contributed by atoms with Gasteiger partial charge in [0.2, 0.25) is 0 Å². The molecule has 5 rings (SSSR count). The molecule has 0 bridgehead atoms. The molecule has 0 saturated carbocycles. The lowest BCUT2D eigenvalue weighted by molar-refractivity contribution is 0.0564. The smallest absolute Gasteiger partial charge is 0.253 e. The molecule has 3 heterocycles. The molecule has 1 aliphatic rings. The van der Waals surface area contributed by atoms with Gasteiger partial charge >= 0.3 is 0 Å². The third kappa shape index (κ3) is 6.03. The Hall–Kier alpha value is -3.76. The van der Waals surface area contributed by atoms with Crippen molar-refractivity contribution < 1.29 is 14.2 Å². The maximum atomic E-state index is 13.8. The van der Waals surface area contributed by atoms with Crippen LogP contribution in [0.4, 0.5) is 0 Å². The zero-order valence-corrected chi connectivity index (χ0v) is 23.9. The van der Waals surface area contributed by atoms with Crippen molar-refractivity contribution in [3.8, 4) is 11.5 Å². The van der Waals surface area contributed by atoms with Crippen LogP contribution in [0, 0.1) is 0 Å². The first-order valence-electron chi connectivity index (χ1n) is 13.8. The summed E-state index contributed by atoms with van der Waals surface area (Å²) in [6.45, 7) is 10.6. The van der Waals surface area contributed by atoms with Crippen LogP contribution in [0.25, 0.3) is 10.9 Å². The molecule has 0 aliphatic carbocycles. The summed E-state index contributed by atoms with van der Waals surface area (Å²) in [6.07, 6.45) is 2.02. The van der Waals surface area contributed by atoms with Gasteiger partial charge in [0, 0.05) is 36.2 Å². The van der Waals surface area contributed by atoms with E-state index < -0.39 is 11.6 Å². The van der Waals surface area contributed by atoms with Crippen LogP contribution in [-0.2, 0) is 16.8 Å². The minimum atomic E-state index is -0.538. The fourth-order valence-electron chi connectivity index (χ4n) is 5.28. The van der Waals surface area contributed by atoms with Crippen LogP contribution in [-0.4, -0.2) is 63.1 Å². The van der Waals surface area contributed by atoms with Gasteiger partial charge in [-0.05, 0) is 92.9 Å². The molecule has 1 aliphatic heterocycles. The number of pyridine rings is 1. The van der Waals surface area contributed by atoms with Crippen molar-refractivity contribution in [2.24, 2.45) is 0 Å². The lowest BCUT2D eigenvalue weighted by Crippen LogP contribution is -2.40. The van der Waals surface area contributed by atoms with E-state index in [0.717, 1.165) is 41.7 Å². The minimum absolute atomic E-state index is 0.0452. The average Bonchev–Trinajstić information content (AvgIpc) is 3.63. The monoisotopic (exact) mass is 546 g/mol. The largest absolute Gasteiger partial charge is 0.497 e. The summed E-state index contributed by atoms with van der Waals surface area (Å²) in [6, 6.07) is 15.1. The number of nitrogens with one attached hydrogen (secondary N) is 1. The summed E-state index contributed by atoms with van der Waals surface area (Å²) < 4.78 is 19.0. The van der Waals surface area contributed by atoms with Gasteiger partial charge in [-0.25, -0.2) is 4.68 Å². The van der Waals surface area contributed by atoms with Gasteiger partial charge in [-0.15, -0.1) is 5.10 Å². The molecule has 40 heavy (non-hydrogen) atoms. The summed E-state index contributed by atoms with van der Waals surface area (Å²) >= 11 is 0. The van der Waals surface area contributed by atoms with E-state index in [1.165, 1.54) is 0 Å². The number of benzene rings is 2. The minimum Gasteiger partial charge on any atom is -0.497 e. The molecule has 0 spiro atoms. The zero-order valence-electron chi connectivity index (χ0n) is 23.9. The molecule has 1 N–H and O–H groups in total. The van der Waals surface area contributed by atoms with Gasteiger partial charge < -0.3 is 19.2 Å². The summed E-state index contributed by atoms with van der Waals surface area (Å²) in [5, 5.41) is 13.8. The molecule has 1 saturated heterocycles. The Kier molecular flexibility index (Phi) is 8.18. The van der Waals surface area contributed by atoms with E-state index >= 15 is 0 Å². The molecule has 10 nitrogen and oxygen atoms in total. The highest BCUT2D eigenvalue weighted by Crippen LogP contribution is 2.32. The molecular formula is C30H38N6O4. The van der Waals surface area contributed by atoms with Gasteiger partial charge in [0.25, 0.3) is 5.56 Å². The van der Waals surface area contributed by atoms with E-state index in [1.807, 2.05) is 48.0 Å². The molecule has 2 aromatic heterocycles. The number of ether oxygens (including phenoxy) is 3. The Morgan fingerprint density at radius 3 is 2.60 bits per heavy atom. The standard InChI is InChI=1S/C30H38N6O4/c1-6-39-22-11-9-20(10-12-22)18-35(19-24-8-7-15-40-24)27(28-32-33-34-36(28)30(2,3)4)25-17-21-16-23(38-5)13-14-26(21)31-29(25)37/h9-14,16-17,24,27H,6-8,15,18-19H2,1-5H3,(H,31,37). The number of fused-ring (bicyclic) bond motifs is 1. The Balaban J connectivity index is 1.66. The number of rotatable bonds is 10. The third-order valence-electron chi connectivity index (χ3n) is 7.20. The number of aromatic amines is 1. The number of tetrazole rings is 1. The van der Waals surface area contributed by atoms with Crippen molar-refractivity contribution >= 4 is 10.9 Å². The molecule has 2 atom stereocenters. The van der Waals surface area contributed by atoms with E-state index in [-0.39, 0.29) is 11.7 Å². The van der Waals surface area contributed by atoms with Gasteiger partial charge in [-0.1, -0.05) is 12.1 Å². The first kappa shape index (κ1) is 27.8.